The number of rotatable bonds is 4. The number of hydrogen-bond acceptors (Lipinski definition) is 3. The first-order valence-corrected chi connectivity index (χ1v) is 4.05. The number of epoxide rings is 1. The Bertz CT molecular complexity index is 140. The third-order valence-electron chi connectivity index (χ3n) is 1.65. The molecule has 1 rings (SSSR count). The molecule has 0 aromatic rings. The third kappa shape index (κ3) is 2.89. The van der Waals surface area contributed by atoms with Gasteiger partial charge < -0.3 is 9.47 Å². The van der Waals surface area contributed by atoms with Crippen molar-refractivity contribution in [2.24, 2.45) is 0 Å². The maximum Gasteiger partial charge on any atom is 0.306 e. The molecule has 1 aliphatic rings. The van der Waals surface area contributed by atoms with Crippen LogP contribution in [-0.4, -0.2) is 24.8 Å². The van der Waals surface area contributed by atoms with E-state index in [2.05, 4.69) is 0 Å². The third-order valence-corrected chi connectivity index (χ3v) is 1.65. The Balaban J connectivity index is 2.12. The van der Waals surface area contributed by atoms with E-state index in [-0.39, 0.29) is 18.2 Å². The fraction of sp³-hybridized carbons (Fsp3) is 0.875. The molecule has 11 heavy (non-hydrogen) atoms. The molecule has 0 bridgehead atoms. The summed E-state index contributed by atoms with van der Waals surface area (Å²) >= 11 is 0. The predicted octanol–water partition coefficient (Wildman–Crippen LogP) is 1.12. The van der Waals surface area contributed by atoms with Crippen LogP contribution in [0.25, 0.3) is 0 Å². The summed E-state index contributed by atoms with van der Waals surface area (Å²) in [6.07, 6.45) is 1.46. The molecular formula is C8H14O3. The molecule has 2 unspecified atom stereocenters. The van der Waals surface area contributed by atoms with E-state index in [4.69, 9.17) is 9.47 Å². The average Bonchev–Trinajstić information content (AvgIpc) is 2.67. The minimum atomic E-state index is -0.115. The van der Waals surface area contributed by atoms with Crippen molar-refractivity contribution in [3.63, 3.8) is 0 Å². The van der Waals surface area contributed by atoms with Gasteiger partial charge in [0.2, 0.25) is 0 Å². The van der Waals surface area contributed by atoms with Crippen LogP contribution >= 0.6 is 0 Å². The van der Waals surface area contributed by atoms with Gasteiger partial charge in [0, 0.05) is 6.42 Å². The molecule has 0 radical (unpaired) electrons. The summed E-state index contributed by atoms with van der Waals surface area (Å²) in [4.78, 5) is 10.9. The van der Waals surface area contributed by atoms with Crippen molar-refractivity contribution in [2.75, 3.05) is 6.61 Å². The normalized spacial score (nSPS) is 24.4. The average molecular weight is 158 g/mol. The Hall–Kier alpha value is -0.570. The Morgan fingerprint density at radius 1 is 1.82 bits per heavy atom. The minimum Gasteiger partial charge on any atom is -0.460 e. The lowest BCUT2D eigenvalue weighted by Gasteiger charge is -2.09. The van der Waals surface area contributed by atoms with E-state index in [0.717, 1.165) is 13.0 Å². The molecule has 0 saturated carbocycles. The number of carbonyl (C=O) groups is 1. The van der Waals surface area contributed by atoms with Gasteiger partial charge in [-0.15, -0.1) is 0 Å². The SMILES string of the molecule is CCCC(=O)OC(C)C1CO1. The van der Waals surface area contributed by atoms with Crippen LogP contribution in [0.2, 0.25) is 0 Å². The van der Waals surface area contributed by atoms with Crippen LogP contribution < -0.4 is 0 Å². The molecule has 0 spiro atoms. The van der Waals surface area contributed by atoms with Gasteiger partial charge in [-0.3, -0.25) is 4.79 Å². The summed E-state index contributed by atoms with van der Waals surface area (Å²) in [5.41, 5.74) is 0. The van der Waals surface area contributed by atoms with Gasteiger partial charge in [0.25, 0.3) is 0 Å². The zero-order valence-corrected chi connectivity index (χ0v) is 7.00. The summed E-state index contributed by atoms with van der Waals surface area (Å²) in [6.45, 7) is 4.56. The van der Waals surface area contributed by atoms with Crippen molar-refractivity contribution in [1.82, 2.24) is 0 Å². The molecular weight excluding hydrogens is 144 g/mol. The van der Waals surface area contributed by atoms with Crippen LogP contribution in [0.3, 0.4) is 0 Å². The number of hydrogen-bond donors (Lipinski definition) is 0. The van der Waals surface area contributed by atoms with Gasteiger partial charge in [-0.05, 0) is 13.3 Å². The van der Waals surface area contributed by atoms with Crippen molar-refractivity contribution in [3.05, 3.63) is 0 Å². The Kier molecular flexibility index (Phi) is 2.88. The van der Waals surface area contributed by atoms with Crippen LogP contribution in [0.15, 0.2) is 0 Å². The predicted molar refractivity (Wildman–Crippen MR) is 40.2 cm³/mol. The molecule has 0 N–H and O–H groups in total. The van der Waals surface area contributed by atoms with Crippen LogP contribution in [0, 0.1) is 0 Å². The summed E-state index contributed by atoms with van der Waals surface area (Å²) in [5, 5.41) is 0. The molecule has 1 heterocycles. The molecule has 2 atom stereocenters. The summed E-state index contributed by atoms with van der Waals surface area (Å²) in [6, 6.07) is 0. The van der Waals surface area contributed by atoms with Gasteiger partial charge in [0.05, 0.1) is 6.61 Å². The van der Waals surface area contributed by atoms with Crippen molar-refractivity contribution in [1.29, 1.82) is 0 Å². The quantitative estimate of drug-likeness (QED) is 0.454. The Morgan fingerprint density at radius 2 is 2.45 bits per heavy atom. The summed E-state index contributed by atoms with van der Waals surface area (Å²) < 4.78 is 10.0. The van der Waals surface area contributed by atoms with Gasteiger partial charge in [0.15, 0.2) is 0 Å². The highest BCUT2D eigenvalue weighted by Crippen LogP contribution is 2.16. The minimum absolute atomic E-state index is 0.0611. The molecule has 3 heteroatoms. The highest BCUT2D eigenvalue weighted by atomic mass is 16.6. The first kappa shape index (κ1) is 8.53. The second kappa shape index (κ2) is 3.72. The van der Waals surface area contributed by atoms with Gasteiger partial charge in [-0.2, -0.15) is 0 Å². The second-order valence-electron chi connectivity index (χ2n) is 2.82. The molecule has 1 saturated heterocycles. The van der Waals surface area contributed by atoms with E-state index >= 15 is 0 Å². The van der Waals surface area contributed by atoms with E-state index in [9.17, 15) is 4.79 Å². The highest BCUT2D eigenvalue weighted by molar-refractivity contribution is 5.69. The largest absolute Gasteiger partial charge is 0.460 e. The summed E-state index contributed by atoms with van der Waals surface area (Å²) in [7, 11) is 0. The fourth-order valence-corrected chi connectivity index (χ4v) is 0.873. The topological polar surface area (TPSA) is 38.8 Å². The molecule has 0 aliphatic carbocycles. The van der Waals surface area contributed by atoms with Crippen LogP contribution in [0.1, 0.15) is 26.7 Å². The lowest BCUT2D eigenvalue weighted by Crippen LogP contribution is -2.19. The lowest BCUT2D eigenvalue weighted by molar-refractivity contribution is -0.149. The van der Waals surface area contributed by atoms with Crippen molar-refractivity contribution < 1.29 is 14.3 Å². The monoisotopic (exact) mass is 158 g/mol. The fourth-order valence-electron chi connectivity index (χ4n) is 0.873. The Morgan fingerprint density at radius 3 is 2.91 bits per heavy atom. The van der Waals surface area contributed by atoms with E-state index in [0.29, 0.717) is 6.42 Å². The molecule has 3 nitrogen and oxygen atoms in total. The van der Waals surface area contributed by atoms with Gasteiger partial charge >= 0.3 is 5.97 Å². The molecule has 1 aliphatic heterocycles. The molecule has 0 amide bonds. The number of ether oxygens (including phenoxy) is 2. The van der Waals surface area contributed by atoms with Crippen LogP contribution in [0.5, 0.6) is 0 Å². The van der Waals surface area contributed by atoms with Crippen molar-refractivity contribution in [3.8, 4) is 0 Å². The van der Waals surface area contributed by atoms with Gasteiger partial charge in [-0.25, -0.2) is 0 Å². The van der Waals surface area contributed by atoms with E-state index in [1.165, 1.54) is 0 Å². The standard InChI is InChI=1S/C8H14O3/c1-3-4-8(9)11-6(2)7-5-10-7/h6-7H,3-5H2,1-2H3. The first-order valence-electron chi connectivity index (χ1n) is 4.05. The lowest BCUT2D eigenvalue weighted by atomic mass is 10.3. The smallest absolute Gasteiger partial charge is 0.306 e. The maximum absolute atomic E-state index is 10.9. The van der Waals surface area contributed by atoms with Gasteiger partial charge in [-0.1, -0.05) is 6.92 Å². The van der Waals surface area contributed by atoms with Crippen molar-refractivity contribution in [2.45, 2.75) is 38.9 Å². The first-order chi connectivity index (χ1) is 5.24. The second-order valence-corrected chi connectivity index (χ2v) is 2.82. The zero-order valence-electron chi connectivity index (χ0n) is 7.00. The van der Waals surface area contributed by atoms with E-state index in [1.54, 1.807) is 0 Å². The molecule has 64 valence electrons. The zero-order chi connectivity index (χ0) is 8.27. The maximum atomic E-state index is 10.9. The molecule has 0 aromatic carbocycles. The van der Waals surface area contributed by atoms with Crippen LogP contribution in [-0.2, 0) is 14.3 Å². The highest BCUT2D eigenvalue weighted by Gasteiger charge is 2.31. The Labute approximate surface area is 66.7 Å². The van der Waals surface area contributed by atoms with Crippen LogP contribution in [0.4, 0.5) is 0 Å². The van der Waals surface area contributed by atoms with Gasteiger partial charge in [0.1, 0.15) is 12.2 Å². The molecule has 1 fully saturated rings. The number of carbonyl (C=O) groups excluding carboxylic acids is 1. The van der Waals surface area contributed by atoms with E-state index in [1.807, 2.05) is 13.8 Å². The summed E-state index contributed by atoms with van der Waals surface area (Å²) in [5.74, 6) is -0.115. The van der Waals surface area contributed by atoms with Crippen molar-refractivity contribution >= 4 is 5.97 Å². The molecule has 0 aromatic heterocycles. The van der Waals surface area contributed by atoms with E-state index < -0.39 is 0 Å². The number of esters is 1.